The topological polar surface area (TPSA) is 35.5 Å². The van der Waals surface area contributed by atoms with Gasteiger partial charge in [0.15, 0.2) is 6.10 Å². The number of carbonyl (C=O) groups excluding carboxylic acids is 1. The molecule has 1 aromatic rings. The maximum atomic E-state index is 13.0. The van der Waals surface area contributed by atoms with Crippen molar-refractivity contribution in [3.05, 3.63) is 48.0 Å². The van der Waals surface area contributed by atoms with Crippen molar-refractivity contribution in [1.82, 2.24) is 0 Å². The second kappa shape index (κ2) is 28.5. The lowest BCUT2D eigenvalue weighted by Crippen LogP contribution is -2.24. The van der Waals surface area contributed by atoms with Crippen molar-refractivity contribution in [2.45, 2.75) is 180 Å². The first-order valence-electron chi connectivity index (χ1n) is 17.7. The molecule has 0 fully saturated rings. The van der Waals surface area contributed by atoms with Crippen molar-refractivity contribution in [3.63, 3.8) is 0 Å². The molecule has 0 radical (unpaired) electrons. The molecule has 0 amide bonds. The van der Waals surface area contributed by atoms with Gasteiger partial charge < -0.3 is 9.47 Å². The van der Waals surface area contributed by atoms with Crippen LogP contribution in [0.5, 0.6) is 0 Å². The van der Waals surface area contributed by atoms with E-state index in [1.165, 1.54) is 128 Å². The molecule has 0 spiro atoms. The van der Waals surface area contributed by atoms with Gasteiger partial charge in [-0.1, -0.05) is 178 Å². The molecular weight excluding hydrogens is 504 g/mol. The quantitative estimate of drug-likeness (QED) is 0.0546. The standard InChI is InChI=1S/C38H66O3/c1-4-6-8-10-12-13-14-15-16-17-18-19-20-21-23-25-30-34-36(33-29-24-22-11-9-7-5-2)41-38(39)37(40-3)35-31-27-26-28-32-35/h25-28,30-32,36-37H,4-24,29,33-34H2,1-3H3/b30-25+/t36-,37+/m0/s1. The van der Waals surface area contributed by atoms with E-state index in [2.05, 4.69) is 26.0 Å². The molecule has 0 aliphatic heterocycles. The summed E-state index contributed by atoms with van der Waals surface area (Å²) in [5, 5.41) is 0. The number of carbonyl (C=O) groups is 1. The van der Waals surface area contributed by atoms with Crippen LogP contribution in [0.4, 0.5) is 0 Å². The summed E-state index contributed by atoms with van der Waals surface area (Å²) in [7, 11) is 1.58. The summed E-state index contributed by atoms with van der Waals surface area (Å²) >= 11 is 0. The van der Waals surface area contributed by atoms with E-state index in [0.717, 1.165) is 31.2 Å². The van der Waals surface area contributed by atoms with E-state index in [9.17, 15) is 4.79 Å². The molecule has 1 rings (SSSR count). The lowest BCUT2D eigenvalue weighted by Gasteiger charge is -2.21. The Hall–Kier alpha value is -1.61. The van der Waals surface area contributed by atoms with Crippen LogP contribution < -0.4 is 0 Å². The molecule has 3 nitrogen and oxygen atoms in total. The Balaban J connectivity index is 2.25. The highest BCUT2D eigenvalue weighted by molar-refractivity contribution is 5.76. The Labute approximate surface area is 255 Å². The molecular formula is C38H66O3. The van der Waals surface area contributed by atoms with Gasteiger partial charge in [-0.2, -0.15) is 0 Å². The van der Waals surface area contributed by atoms with E-state index in [1.54, 1.807) is 7.11 Å². The number of benzene rings is 1. The molecule has 1 aromatic carbocycles. The minimum atomic E-state index is -0.660. The number of allylic oxidation sites excluding steroid dienone is 1. The Kier molecular flexibility index (Phi) is 26.0. The number of hydrogen-bond donors (Lipinski definition) is 0. The van der Waals surface area contributed by atoms with Crippen LogP contribution in [0.15, 0.2) is 42.5 Å². The van der Waals surface area contributed by atoms with Crippen molar-refractivity contribution >= 4 is 5.97 Å². The van der Waals surface area contributed by atoms with Crippen LogP contribution in [0, 0.1) is 0 Å². The average Bonchev–Trinajstić information content (AvgIpc) is 2.99. The van der Waals surface area contributed by atoms with Crippen molar-refractivity contribution in [2.75, 3.05) is 7.11 Å². The Bertz CT molecular complexity index is 713. The lowest BCUT2D eigenvalue weighted by molar-refractivity contribution is -0.161. The molecule has 2 atom stereocenters. The molecule has 0 N–H and O–H groups in total. The number of unbranched alkanes of at least 4 members (excludes halogenated alkanes) is 20. The minimum Gasteiger partial charge on any atom is -0.460 e. The molecule has 0 heterocycles. The Morgan fingerprint density at radius 1 is 0.634 bits per heavy atom. The van der Waals surface area contributed by atoms with Crippen molar-refractivity contribution in [1.29, 1.82) is 0 Å². The largest absolute Gasteiger partial charge is 0.460 e. The maximum absolute atomic E-state index is 13.0. The predicted molar refractivity (Wildman–Crippen MR) is 177 cm³/mol. The molecule has 0 bridgehead atoms. The van der Waals surface area contributed by atoms with Gasteiger partial charge in [0.1, 0.15) is 6.10 Å². The van der Waals surface area contributed by atoms with Gasteiger partial charge in [-0.15, -0.1) is 0 Å². The zero-order valence-electron chi connectivity index (χ0n) is 27.4. The zero-order chi connectivity index (χ0) is 29.6. The fourth-order valence-electron chi connectivity index (χ4n) is 5.60. The third-order valence-corrected chi connectivity index (χ3v) is 8.25. The summed E-state index contributed by atoms with van der Waals surface area (Å²) in [4.78, 5) is 13.0. The predicted octanol–water partition coefficient (Wildman–Crippen LogP) is 12.2. The van der Waals surface area contributed by atoms with Gasteiger partial charge in [0.2, 0.25) is 0 Å². The number of ether oxygens (including phenoxy) is 2. The molecule has 0 aliphatic carbocycles. The van der Waals surface area contributed by atoms with Gasteiger partial charge in [-0.3, -0.25) is 0 Å². The molecule has 0 aromatic heterocycles. The minimum absolute atomic E-state index is 0.0768. The van der Waals surface area contributed by atoms with E-state index in [-0.39, 0.29) is 12.1 Å². The first-order valence-corrected chi connectivity index (χ1v) is 17.7. The van der Waals surface area contributed by atoms with Gasteiger partial charge in [-0.05, 0) is 31.2 Å². The number of methoxy groups -OCH3 is 1. The summed E-state index contributed by atoms with van der Waals surface area (Å²) in [6.07, 6.45) is 35.1. The summed E-state index contributed by atoms with van der Waals surface area (Å²) in [5.74, 6) is -0.271. The molecule has 41 heavy (non-hydrogen) atoms. The smallest absolute Gasteiger partial charge is 0.340 e. The molecule has 0 saturated heterocycles. The van der Waals surface area contributed by atoms with Crippen LogP contribution >= 0.6 is 0 Å². The third kappa shape index (κ3) is 21.7. The molecule has 3 heteroatoms. The van der Waals surface area contributed by atoms with Crippen molar-refractivity contribution < 1.29 is 14.3 Å². The first kappa shape index (κ1) is 37.4. The van der Waals surface area contributed by atoms with Gasteiger partial charge in [0.25, 0.3) is 0 Å². The van der Waals surface area contributed by atoms with E-state index < -0.39 is 6.10 Å². The van der Waals surface area contributed by atoms with Crippen molar-refractivity contribution in [3.8, 4) is 0 Å². The summed E-state index contributed by atoms with van der Waals surface area (Å²) in [5.41, 5.74) is 0.850. The van der Waals surface area contributed by atoms with E-state index in [1.807, 2.05) is 30.3 Å². The normalized spacial score (nSPS) is 13.0. The van der Waals surface area contributed by atoms with Crippen LogP contribution in [-0.4, -0.2) is 19.2 Å². The summed E-state index contributed by atoms with van der Waals surface area (Å²) < 4.78 is 11.5. The monoisotopic (exact) mass is 571 g/mol. The fourth-order valence-corrected chi connectivity index (χ4v) is 5.60. The fraction of sp³-hybridized carbons (Fsp3) is 0.763. The lowest BCUT2D eigenvalue weighted by atomic mass is 10.0. The van der Waals surface area contributed by atoms with Crippen LogP contribution in [-0.2, 0) is 14.3 Å². The third-order valence-electron chi connectivity index (χ3n) is 8.25. The Morgan fingerprint density at radius 2 is 1.10 bits per heavy atom. The Morgan fingerprint density at radius 3 is 1.59 bits per heavy atom. The second-order valence-corrected chi connectivity index (χ2v) is 12.1. The number of rotatable bonds is 29. The molecule has 0 aliphatic rings. The van der Waals surface area contributed by atoms with E-state index in [4.69, 9.17) is 9.47 Å². The van der Waals surface area contributed by atoms with Crippen molar-refractivity contribution in [2.24, 2.45) is 0 Å². The van der Waals surface area contributed by atoms with Crippen LogP contribution in [0.1, 0.15) is 180 Å². The van der Waals surface area contributed by atoms with Crippen LogP contribution in [0.25, 0.3) is 0 Å². The van der Waals surface area contributed by atoms with Crippen LogP contribution in [0.2, 0.25) is 0 Å². The highest BCUT2D eigenvalue weighted by Crippen LogP contribution is 2.22. The van der Waals surface area contributed by atoms with Gasteiger partial charge in [-0.25, -0.2) is 4.79 Å². The number of esters is 1. The van der Waals surface area contributed by atoms with Gasteiger partial charge >= 0.3 is 5.97 Å². The van der Waals surface area contributed by atoms with E-state index >= 15 is 0 Å². The molecule has 236 valence electrons. The van der Waals surface area contributed by atoms with Crippen LogP contribution in [0.3, 0.4) is 0 Å². The number of hydrogen-bond acceptors (Lipinski definition) is 3. The SMILES string of the molecule is CCCCCCCCCCCCCCCC/C=C/C[C@H](CCCCCCCCC)OC(=O)[C@H](OC)c1ccccc1. The average molecular weight is 571 g/mol. The second-order valence-electron chi connectivity index (χ2n) is 12.1. The summed E-state index contributed by atoms with van der Waals surface area (Å²) in [6.45, 7) is 4.55. The maximum Gasteiger partial charge on any atom is 0.340 e. The summed E-state index contributed by atoms with van der Waals surface area (Å²) in [6, 6.07) is 9.68. The first-order chi connectivity index (χ1) is 20.2. The van der Waals surface area contributed by atoms with Gasteiger partial charge in [0.05, 0.1) is 0 Å². The highest BCUT2D eigenvalue weighted by atomic mass is 16.6. The van der Waals surface area contributed by atoms with Gasteiger partial charge in [0, 0.05) is 13.5 Å². The van der Waals surface area contributed by atoms with E-state index in [0.29, 0.717) is 0 Å². The zero-order valence-corrected chi connectivity index (χ0v) is 27.4. The molecule has 0 unspecified atom stereocenters. The molecule has 0 saturated carbocycles. The highest BCUT2D eigenvalue weighted by Gasteiger charge is 2.24.